The number of hydrogen-bond acceptors (Lipinski definition) is 2. The first-order chi connectivity index (χ1) is 13.4. The maximum atomic E-state index is 13.3. The summed E-state index contributed by atoms with van der Waals surface area (Å²) in [5.74, 6) is -0.215. The van der Waals surface area contributed by atoms with Crippen LogP contribution in [0.3, 0.4) is 0 Å². The standard InChI is InChI=1S/C24H31BrN2O2/c1-16-10-17(2)12-20(11-16)14-22(28)27(15-19-8-7-9-21(25)13-19)18(3)23(29)26-24(4,5)6/h7-13,18H,14-15H2,1-6H3,(H,26,29)/t18-/m0/s1. The summed E-state index contributed by atoms with van der Waals surface area (Å²) in [7, 11) is 0. The van der Waals surface area contributed by atoms with Crippen LogP contribution >= 0.6 is 15.9 Å². The second kappa shape index (κ2) is 9.57. The van der Waals surface area contributed by atoms with Crippen molar-refractivity contribution in [2.24, 2.45) is 0 Å². The molecule has 0 aromatic heterocycles. The summed E-state index contributed by atoms with van der Waals surface area (Å²) in [5, 5.41) is 2.99. The van der Waals surface area contributed by atoms with E-state index in [1.807, 2.05) is 71.0 Å². The van der Waals surface area contributed by atoms with Gasteiger partial charge in [-0.05, 0) is 64.8 Å². The van der Waals surface area contributed by atoms with Crippen molar-refractivity contribution in [2.45, 2.75) is 66.1 Å². The smallest absolute Gasteiger partial charge is 0.242 e. The molecule has 0 fully saturated rings. The molecular formula is C24H31BrN2O2. The van der Waals surface area contributed by atoms with Crippen molar-refractivity contribution in [1.29, 1.82) is 0 Å². The lowest BCUT2D eigenvalue weighted by Crippen LogP contribution is -2.52. The van der Waals surface area contributed by atoms with E-state index in [4.69, 9.17) is 0 Å². The molecule has 0 aliphatic rings. The molecule has 1 N–H and O–H groups in total. The maximum absolute atomic E-state index is 13.3. The Morgan fingerprint density at radius 2 is 1.66 bits per heavy atom. The van der Waals surface area contributed by atoms with Gasteiger partial charge in [0, 0.05) is 16.6 Å². The molecule has 2 aromatic carbocycles. The molecule has 0 spiro atoms. The molecular weight excluding hydrogens is 428 g/mol. The van der Waals surface area contributed by atoms with Crippen LogP contribution in [0.5, 0.6) is 0 Å². The van der Waals surface area contributed by atoms with E-state index in [1.54, 1.807) is 11.8 Å². The van der Waals surface area contributed by atoms with Gasteiger partial charge in [-0.15, -0.1) is 0 Å². The van der Waals surface area contributed by atoms with Gasteiger partial charge in [0.1, 0.15) is 6.04 Å². The number of carbonyl (C=O) groups is 2. The Labute approximate surface area is 182 Å². The normalized spacial score (nSPS) is 12.4. The lowest BCUT2D eigenvalue weighted by molar-refractivity contribution is -0.140. The van der Waals surface area contributed by atoms with Crippen molar-refractivity contribution in [3.8, 4) is 0 Å². The number of benzene rings is 2. The largest absolute Gasteiger partial charge is 0.350 e. The molecule has 0 aliphatic heterocycles. The van der Waals surface area contributed by atoms with Gasteiger partial charge in [-0.3, -0.25) is 9.59 Å². The number of hydrogen-bond donors (Lipinski definition) is 1. The Hall–Kier alpha value is -2.14. The number of carbonyl (C=O) groups excluding carboxylic acids is 2. The Kier molecular flexibility index (Phi) is 7.64. The van der Waals surface area contributed by atoms with E-state index in [9.17, 15) is 9.59 Å². The summed E-state index contributed by atoms with van der Waals surface area (Å²) >= 11 is 3.48. The molecule has 0 saturated heterocycles. The third kappa shape index (κ3) is 7.32. The molecule has 0 unspecified atom stereocenters. The van der Waals surface area contributed by atoms with Crippen molar-refractivity contribution < 1.29 is 9.59 Å². The van der Waals surface area contributed by atoms with Crippen LogP contribution in [0.2, 0.25) is 0 Å². The SMILES string of the molecule is Cc1cc(C)cc(CC(=O)N(Cc2cccc(Br)c2)[C@@H](C)C(=O)NC(C)(C)C)c1. The number of nitrogens with zero attached hydrogens (tertiary/aromatic N) is 1. The first kappa shape index (κ1) is 23.1. The third-order valence-corrected chi connectivity index (χ3v) is 5.04. The Morgan fingerprint density at radius 1 is 1.03 bits per heavy atom. The first-order valence-corrected chi connectivity index (χ1v) is 10.7. The van der Waals surface area contributed by atoms with E-state index < -0.39 is 6.04 Å². The number of nitrogens with one attached hydrogen (secondary N) is 1. The Bertz CT molecular complexity index is 866. The number of rotatable bonds is 6. The van der Waals surface area contributed by atoms with Gasteiger partial charge in [0.15, 0.2) is 0 Å². The van der Waals surface area contributed by atoms with Crippen LogP contribution < -0.4 is 5.32 Å². The Balaban J connectivity index is 2.29. The molecule has 156 valence electrons. The van der Waals surface area contributed by atoms with Gasteiger partial charge in [-0.1, -0.05) is 57.4 Å². The minimum absolute atomic E-state index is 0.0634. The lowest BCUT2D eigenvalue weighted by Gasteiger charge is -2.31. The fourth-order valence-electron chi connectivity index (χ4n) is 3.34. The monoisotopic (exact) mass is 458 g/mol. The Morgan fingerprint density at radius 3 is 2.21 bits per heavy atom. The van der Waals surface area contributed by atoms with Crippen molar-refractivity contribution >= 4 is 27.7 Å². The number of amides is 2. The summed E-state index contributed by atoms with van der Waals surface area (Å²) in [6.07, 6.45) is 0.268. The fraction of sp³-hybridized carbons (Fsp3) is 0.417. The van der Waals surface area contributed by atoms with E-state index in [2.05, 4.69) is 27.3 Å². The van der Waals surface area contributed by atoms with Crippen LogP contribution in [-0.2, 0) is 22.6 Å². The molecule has 2 rings (SSSR count). The highest BCUT2D eigenvalue weighted by Gasteiger charge is 2.28. The predicted octanol–water partition coefficient (Wildman–Crippen LogP) is 4.94. The molecule has 0 bridgehead atoms. The minimum atomic E-state index is -0.577. The van der Waals surface area contributed by atoms with E-state index in [-0.39, 0.29) is 23.8 Å². The van der Waals surface area contributed by atoms with Crippen LogP contribution in [0, 0.1) is 13.8 Å². The summed E-state index contributed by atoms with van der Waals surface area (Å²) < 4.78 is 0.948. The summed E-state index contributed by atoms with van der Waals surface area (Å²) in [5.41, 5.74) is 3.84. The second-order valence-corrected chi connectivity index (χ2v) is 9.66. The van der Waals surface area contributed by atoms with E-state index in [1.165, 1.54) is 0 Å². The van der Waals surface area contributed by atoms with Crippen LogP contribution in [0.25, 0.3) is 0 Å². The highest BCUT2D eigenvalue weighted by molar-refractivity contribution is 9.10. The van der Waals surface area contributed by atoms with Crippen LogP contribution in [0.4, 0.5) is 0 Å². The molecule has 1 atom stereocenters. The van der Waals surface area contributed by atoms with Crippen molar-refractivity contribution in [2.75, 3.05) is 0 Å². The second-order valence-electron chi connectivity index (χ2n) is 8.74. The zero-order valence-corrected chi connectivity index (χ0v) is 19.8. The van der Waals surface area contributed by atoms with E-state index in [0.717, 1.165) is 26.7 Å². The maximum Gasteiger partial charge on any atom is 0.242 e. The van der Waals surface area contributed by atoms with Gasteiger partial charge in [0.25, 0.3) is 0 Å². The molecule has 0 aliphatic carbocycles. The van der Waals surface area contributed by atoms with Crippen molar-refractivity contribution in [1.82, 2.24) is 10.2 Å². The van der Waals surface area contributed by atoms with Crippen LogP contribution in [0.15, 0.2) is 46.9 Å². The zero-order chi connectivity index (χ0) is 21.8. The van der Waals surface area contributed by atoms with E-state index in [0.29, 0.717) is 6.54 Å². The molecule has 2 aromatic rings. The molecule has 0 heterocycles. The minimum Gasteiger partial charge on any atom is -0.350 e. The molecule has 29 heavy (non-hydrogen) atoms. The zero-order valence-electron chi connectivity index (χ0n) is 18.2. The van der Waals surface area contributed by atoms with Gasteiger partial charge in [0.05, 0.1) is 6.42 Å². The van der Waals surface area contributed by atoms with Crippen molar-refractivity contribution in [3.63, 3.8) is 0 Å². The molecule has 4 nitrogen and oxygen atoms in total. The predicted molar refractivity (Wildman–Crippen MR) is 122 cm³/mol. The quantitative estimate of drug-likeness (QED) is 0.665. The first-order valence-electron chi connectivity index (χ1n) is 9.88. The average Bonchev–Trinajstić information content (AvgIpc) is 2.56. The van der Waals surface area contributed by atoms with Gasteiger partial charge >= 0.3 is 0 Å². The average molecular weight is 459 g/mol. The highest BCUT2D eigenvalue weighted by Crippen LogP contribution is 2.18. The van der Waals surface area contributed by atoms with Crippen molar-refractivity contribution in [3.05, 3.63) is 69.2 Å². The fourth-order valence-corrected chi connectivity index (χ4v) is 3.78. The molecule has 5 heteroatoms. The van der Waals surface area contributed by atoms with Crippen LogP contribution in [0.1, 0.15) is 49.9 Å². The topological polar surface area (TPSA) is 49.4 Å². The van der Waals surface area contributed by atoms with Gasteiger partial charge in [0.2, 0.25) is 11.8 Å². The van der Waals surface area contributed by atoms with E-state index >= 15 is 0 Å². The van der Waals surface area contributed by atoms with Crippen LogP contribution in [-0.4, -0.2) is 28.3 Å². The summed E-state index contributed by atoms with van der Waals surface area (Å²) in [4.78, 5) is 27.7. The molecule has 0 radical (unpaired) electrons. The lowest BCUT2D eigenvalue weighted by atomic mass is 10.0. The summed E-state index contributed by atoms with van der Waals surface area (Å²) in [6.45, 7) is 12.0. The number of aryl methyl sites for hydroxylation is 2. The van der Waals surface area contributed by atoms with Gasteiger partial charge < -0.3 is 10.2 Å². The molecule has 0 saturated carbocycles. The third-order valence-electron chi connectivity index (χ3n) is 4.54. The molecule has 2 amide bonds. The summed E-state index contributed by atoms with van der Waals surface area (Å²) in [6, 6.07) is 13.4. The number of halogens is 1. The highest BCUT2D eigenvalue weighted by atomic mass is 79.9. The van der Waals surface area contributed by atoms with Gasteiger partial charge in [-0.2, -0.15) is 0 Å². The van der Waals surface area contributed by atoms with Gasteiger partial charge in [-0.25, -0.2) is 0 Å².